The lowest BCUT2D eigenvalue weighted by atomic mass is 9.91. The van der Waals surface area contributed by atoms with E-state index in [1.165, 1.54) is 23.4 Å². The Morgan fingerprint density at radius 2 is 1.71 bits per heavy atom. The summed E-state index contributed by atoms with van der Waals surface area (Å²) in [4.78, 5) is 1.26. The van der Waals surface area contributed by atoms with Gasteiger partial charge in [0, 0.05) is 35.9 Å². The first-order valence-electron chi connectivity index (χ1n) is 12.9. The fourth-order valence-corrected chi connectivity index (χ4v) is 5.74. The van der Waals surface area contributed by atoms with Crippen molar-refractivity contribution in [2.45, 2.75) is 38.0 Å². The number of benzene rings is 3. The molecule has 0 saturated carbocycles. The van der Waals surface area contributed by atoms with Crippen LogP contribution < -0.4 is 9.64 Å². The van der Waals surface area contributed by atoms with Crippen LogP contribution in [0.2, 0.25) is 0 Å². The van der Waals surface area contributed by atoms with Crippen LogP contribution in [0.3, 0.4) is 0 Å². The van der Waals surface area contributed by atoms with Crippen molar-refractivity contribution in [1.29, 1.82) is 0 Å². The average molecular weight is 537 g/mol. The lowest BCUT2D eigenvalue weighted by Crippen LogP contribution is -3.13. The van der Waals surface area contributed by atoms with E-state index in [0.717, 1.165) is 48.2 Å². The van der Waals surface area contributed by atoms with Crippen molar-refractivity contribution in [2.24, 2.45) is 5.92 Å². The minimum atomic E-state index is -1.48. The second kappa shape index (κ2) is 11.2. The number of halogens is 2. The van der Waals surface area contributed by atoms with Gasteiger partial charge in [0.2, 0.25) is 0 Å². The zero-order valence-electron chi connectivity index (χ0n) is 21.5. The average Bonchev–Trinajstić information content (AvgIpc) is 3.52. The first-order valence-corrected chi connectivity index (χ1v) is 13.7. The predicted molar refractivity (Wildman–Crippen MR) is 144 cm³/mol. The Kier molecular flexibility index (Phi) is 7.79. The summed E-state index contributed by atoms with van der Waals surface area (Å²) in [6.07, 6.45) is 3.45. The molecule has 1 aromatic heterocycles. The summed E-state index contributed by atoms with van der Waals surface area (Å²) in [7, 11) is 0. The maximum Gasteiger partial charge on any atom is 0.271 e. The van der Waals surface area contributed by atoms with Crippen LogP contribution in [0.25, 0.3) is 11.1 Å². The molecule has 3 atom stereocenters. The molecule has 1 aliphatic heterocycles. The first kappa shape index (κ1) is 26.4. The van der Waals surface area contributed by atoms with Gasteiger partial charge in [-0.15, -0.1) is 21.8 Å². The Morgan fingerprint density at radius 3 is 2.37 bits per heavy atom. The van der Waals surface area contributed by atoms with E-state index < -0.39 is 5.60 Å². The molecule has 1 fully saturated rings. The lowest BCUT2D eigenvalue weighted by molar-refractivity contribution is -0.924. The number of nitrogens with zero attached hydrogens (tertiary/aromatic N) is 2. The lowest BCUT2D eigenvalue weighted by Gasteiger charge is -2.35. The van der Waals surface area contributed by atoms with Crippen LogP contribution in [0.1, 0.15) is 42.7 Å². The standard InChI is InChI=1S/C29H28FN3O3.CH3Cl/c1-2-19-14-15-33(17-26(19)35-21-9-7-8-20(30)16-21)18-27-31-32-28(36-27)29(34)24-12-5-3-10-22(24)23-11-4-6-13-25(23)29;1-2/h3-13,16,19,26,34H,2,14-15,17-18H2,1H3;1H3/p+1. The molecule has 8 heteroatoms. The minimum Gasteiger partial charge on any atom is -0.484 e. The van der Waals surface area contributed by atoms with Gasteiger partial charge in [0.15, 0.2) is 18.2 Å². The molecule has 2 aliphatic rings. The van der Waals surface area contributed by atoms with Gasteiger partial charge < -0.3 is 19.2 Å². The molecule has 6 nitrogen and oxygen atoms in total. The number of alkyl halides is 1. The molecule has 3 aromatic carbocycles. The van der Waals surface area contributed by atoms with Crippen LogP contribution in [0, 0.1) is 11.7 Å². The number of nitrogens with one attached hydrogen (secondary N) is 1. The molecule has 0 radical (unpaired) electrons. The van der Waals surface area contributed by atoms with E-state index in [0.29, 0.717) is 24.1 Å². The normalized spacial score (nSPS) is 21.1. The highest BCUT2D eigenvalue weighted by atomic mass is 35.5. The fraction of sp³-hybridized carbons (Fsp3) is 0.333. The van der Waals surface area contributed by atoms with Crippen molar-refractivity contribution >= 4 is 11.6 Å². The third kappa shape index (κ3) is 4.82. The number of hydrogen-bond donors (Lipinski definition) is 2. The third-order valence-electron chi connectivity index (χ3n) is 7.59. The number of aliphatic hydroxyl groups is 1. The van der Waals surface area contributed by atoms with Gasteiger partial charge in [-0.25, -0.2) is 4.39 Å². The number of rotatable bonds is 6. The Hall–Kier alpha value is -3.26. The van der Waals surface area contributed by atoms with Gasteiger partial charge in [0.25, 0.3) is 11.8 Å². The van der Waals surface area contributed by atoms with E-state index in [1.807, 2.05) is 48.5 Å². The Bertz CT molecular complexity index is 1350. The maximum absolute atomic E-state index is 13.7. The zero-order chi connectivity index (χ0) is 26.7. The van der Waals surface area contributed by atoms with E-state index in [-0.39, 0.29) is 17.8 Å². The quantitative estimate of drug-likeness (QED) is 0.353. The number of quaternary nitrogens is 1. The smallest absolute Gasteiger partial charge is 0.271 e. The number of piperidine rings is 1. The van der Waals surface area contributed by atoms with E-state index in [1.54, 1.807) is 12.1 Å². The van der Waals surface area contributed by atoms with Crippen LogP contribution in [-0.2, 0) is 12.1 Å². The molecule has 3 unspecified atom stereocenters. The molecule has 1 saturated heterocycles. The highest BCUT2D eigenvalue weighted by Crippen LogP contribution is 2.50. The molecule has 4 aromatic rings. The first-order chi connectivity index (χ1) is 18.6. The third-order valence-corrected chi connectivity index (χ3v) is 7.59. The van der Waals surface area contributed by atoms with Crippen molar-refractivity contribution < 1.29 is 23.6 Å². The predicted octanol–water partition coefficient (Wildman–Crippen LogP) is 4.59. The second-order valence-corrected chi connectivity index (χ2v) is 9.75. The van der Waals surface area contributed by atoms with Crippen LogP contribution in [0.5, 0.6) is 5.75 Å². The van der Waals surface area contributed by atoms with Gasteiger partial charge in [-0.3, -0.25) is 0 Å². The zero-order valence-corrected chi connectivity index (χ0v) is 22.3. The molecule has 0 amide bonds. The van der Waals surface area contributed by atoms with Crippen molar-refractivity contribution in [2.75, 3.05) is 19.5 Å². The monoisotopic (exact) mass is 536 g/mol. The molecule has 0 spiro atoms. The molecule has 2 N–H and O–H groups in total. The molecular weight excluding hydrogens is 505 g/mol. The second-order valence-electron chi connectivity index (χ2n) is 9.75. The van der Waals surface area contributed by atoms with Gasteiger partial charge in [0.05, 0.1) is 6.54 Å². The summed E-state index contributed by atoms with van der Waals surface area (Å²) in [6.45, 7) is 4.41. The Labute approximate surface area is 227 Å². The summed E-state index contributed by atoms with van der Waals surface area (Å²) >= 11 is 4.64. The van der Waals surface area contributed by atoms with Crippen LogP contribution in [-0.4, -0.2) is 40.9 Å². The summed E-state index contributed by atoms with van der Waals surface area (Å²) in [5.41, 5.74) is 1.97. The van der Waals surface area contributed by atoms with Crippen molar-refractivity contribution in [3.63, 3.8) is 0 Å². The molecule has 0 bridgehead atoms. The summed E-state index contributed by atoms with van der Waals surface area (Å²) in [5, 5.41) is 20.6. The highest BCUT2D eigenvalue weighted by molar-refractivity contribution is 6.15. The highest BCUT2D eigenvalue weighted by Gasteiger charge is 2.47. The number of likely N-dealkylation sites (tertiary alicyclic amines) is 1. The summed E-state index contributed by atoms with van der Waals surface area (Å²) < 4.78 is 26.0. The SMILES string of the molecule is CCC1CC[NH+](Cc2nnc(C3(O)c4ccccc4-c4ccccc43)o2)CC1Oc1cccc(F)c1.CCl. The molecule has 6 rings (SSSR count). The largest absolute Gasteiger partial charge is 0.484 e. The summed E-state index contributed by atoms with van der Waals surface area (Å²) in [6, 6.07) is 21.9. The maximum atomic E-state index is 13.7. The number of aromatic nitrogens is 2. The summed E-state index contributed by atoms with van der Waals surface area (Å²) in [5.74, 6) is 1.33. The van der Waals surface area contributed by atoms with Crippen molar-refractivity contribution in [1.82, 2.24) is 10.2 Å². The van der Waals surface area contributed by atoms with Gasteiger partial charge in [0.1, 0.15) is 18.1 Å². The van der Waals surface area contributed by atoms with Crippen LogP contribution in [0.15, 0.2) is 77.2 Å². The Morgan fingerprint density at radius 1 is 1.03 bits per heavy atom. The van der Waals surface area contributed by atoms with Gasteiger partial charge in [-0.05, 0) is 29.7 Å². The minimum absolute atomic E-state index is 0.0271. The van der Waals surface area contributed by atoms with E-state index in [2.05, 4.69) is 28.7 Å². The van der Waals surface area contributed by atoms with E-state index in [4.69, 9.17) is 9.15 Å². The Balaban J connectivity index is 0.00000144. The van der Waals surface area contributed by atoms with Gasteiger partial charge in [-0.2, -0.15) is 0 Å². The van der Waals surface area contributed by atoms with Crippen molar-refractivity contribution in [3.8, 4) is 16.9 Å². The van der Waals surface area contributed by atoms with Gasteiger partial charge in [-0.1, -0.05) is 61.5 Å². The number of fused-ring (bicyclic) bond motifs is 3. The molecular formula is C30H32ClFN3O3+. The fourth-order valence-electron chi connectivity index (χ4n) is 5.74. The van der Waals surface area contributed by atoms with Crippen LogP contribution >= 0.6 is 11.6 Å². The molecule has 38 heavy (non-hydrogen) atoms. The van der Waals surface area contributed by atoms with Crippen molar-refractivity contribution in [3.05, 3.63) is 102 Å². The van der Waals surface area contributed by atoms with Gasteiger partial charge >= 0.3 is 0 Å². The topological polar surface area (TPSA) is 72.8 Å². The van der Waals surface area contributed by atoms with E-state index >= 15 is 0 Å². The number of hydrogen-bond acceptors (Lipinski definition) is 5. The van der Waals surface area contributed by atoms with Crippen LogP contribution in [0.4, 0.5) is 4.39 Å². The van der Waals surface area contributed by atoms with E-state index in [9.17, 15) is 9.50 Å². The molecule has 2 heterocycles. The molecule has 198 valence electrons. The number of ether oxygens (including phenoxy) is 1. The molecule has 1 aliphatic carbocycles.